The van der Waals surface area contributed by atoms with Crippen LogP contribution in [-0.2, 0) is 0 Å². The van der Waals surface area contributed by atoms with E-state index in [1.165, 1.54) is 12.8 Å². The number of alkyl halides is 1. The van der Waals surface area contributed by atoms with Gasteiger partial charge >= 0.3 is 0 Å². The molecule has 0 rings (SSSR count). The van der Waals surface area contributed by atoms with Gasteiger partial charge in [-0.25, -0.2) is 0 Å². The van der Waals surface area contributed by atoms with Gasteiger partial charge in [0.2, 0.25) is 0 Å². The van der Waals surface area contributed by atoms with E-state index < -0.39 is 0 Å². The molecule has 1 heteroatoms. The molecule has 0 N–H and O–H groups in total. The first-order valence-corrected chi connectivity index (χ1v) is 5.03. The van der Waals surface area contributed by atoms with Crippen LogP contribution >= 0.6 is 15.9 Å². The lowest BCUT2D eigenvalue weighted by Gasteiger charge is -2.27. The van der Waals surface area contributed by atoms with E-state index in [1.54, 1.807) is 0 Å². The third-order valence-electron chi connectivity index (χ3n) is 2.36. The topological polar surface area (TPSA) is 0 Å². The summed E-state index contributed by atoms with van der Waals surface area (Å²) in [7, 11) is 0. The zero-order valence-corrected chi connectivity index (χ0v) is 8.58. The molecule has 0 saturated heterocycles. The first-order chi connectivity index (χ1) is 4.74. The van der Waals surface area contributed by atoms with Crippen molar-refractivity contribution in [1.82, 2.24) is 0 Å². The molecule has 0 fully saturated rings. The van der Waals surface area contributed by atoms with Gasteiger partial charge in [-0.3, -0.25) is 0 Å². The standard InChI is InChI=1S/C9H17Br/c1-4-7-9(5-2,6-3)8-10/h4H,1,5-8H2,2-3H3. The summed E-state index contributed by atoms with van der Waals surface area (Å²) in [5.41, 5.74) is 0.474. The minimum atomic E-state index is 0.474. The quantitative estimate of drug-likeness (QED) is 0.473. The molecule has 0 aromatic rings. The van der Waals surface area contributed by atoms with Gasteiger partial charge in [0, 0.05) is 5.33 Å². The lowest BCUT2D eigenvalue weighted by atomic mass is 9.81. The van der Waals surface area contributed by atoms with Crippen molar-refractivity contribution in [1.29, 1.82) is 0 Å². The molecular weight excluding hydrogens is 188 g/mol. The maximum atomic E-state index is 3.77. The molecular formula is C9H17Br. The van der Waals surface area contributed by atoms with Crippen molar-refractivity contribution in [2.24, 2.45) is 5.41 Å². The van der Waals surface area contributed by atoms with Gasteiger partial charge in [-0.1, -0.05) is 35.9 Å². The number of hydrogen-bond donors (Lipinski definition) is 0. The minimum Gasteiger partial charge on any atom is -0.103 e. The minimum absolute atomic E-state index is 0.474. The number of hydrogen-bond acceptors (Lipinski definition) is 0. The van der Waals surface area contributed by atoms with E-state index in [9.17, 15) is 0 Å². The van der Waals surface area contributed by atoms with Gasteiger partial charge in [0.1, 0.15) is 0 Å². The summed E-state index contributed by atoms with van der Waals surface area (Å²) in [6.07, 6.45) is 5.63. The van der Waals surface area contributed by atoms with Crippen molar-refractivity contribution in [3.8, 4) is 0 Å². The summed E-state index contributed by atoms with van der Waals surface area (Å²) in [6, 6.07) is 0. The Balaban J connectivity index is 4.00. The molecule has 0 unspecified atom stereocenters. The van der Waals surface area contributed by atoms with Gasteiger partial charge < -0.3 is 0 Å². The number of allylic oxidation sites excluding steroid dienone is 1. The zero-order valence-electron chi connectivity index (χ0n) is 6.99. The van der Waals surface area contributed by atoms with Crippen LogP contribution in [-0.4, -0.2) is 5.33 Å². The monoisotopic (exact) mass is 204 g/mol. The smallest absolute Gasteiger partial charge is 0.00907 e. The van der Waals surface area contributed by atoms with Crippen molar-refractivity contribution >= 4 is 15.9 Å². The van der Waals surface area contributed by atoms with Crippen molar-refractivity contribution in [3.05, 3.63) is 12.7 Å². The molecule has 0 aliphatic carbocycles. The molecule has 0 saturated carbocycles. The predicted octanol–water partition coefficient (Wildman–Crippen LogP) is 3.76. The van der Waals surface area contributed by atoms with Crippen LogP contribution < -0.4 is 0 Å². The summed E-state index contributed by atoms with van der Waals surface area (Å²) >= 11 is 3.55. The average Bonchev–Trinajstić information content (AvgIpc) is 2.01. The van der Waals surface area contributed by atoms with Crippen molar-refractivity contribution in [2.45, 2.75) is 33.1 Å². The van der Waals surface area contributed by atoms with E-state index in [2.05, 4.69) is 36.4 Å². The second kappa shape index (κ2) is 4.95. The van der Waals surface area contributed by atoms with E-state index in [0.717, 1.165) is 11.8 Å². The lowest BCUT2D eigenvalue weighted by molar-refractivity contribution is 0.314. The first-order valence-electron chi connectivity index (χ1n) is 3.91. The molecule has 0 atom stereocenters. The lowest BCUT2D eigenvalue weighted by Crippen LogP contribution is -2.19. The predicted molar refractivity (Wildman–Crippen MR) is 51.6 cm³/mol. The van der Waals surface area contributed by atoms with E-state index in [0.29, 0.717) is 5.41 Å². The molecule has 0 aromatic heterocycles. The average molecular weight is 205 g/mol. The third kappa shape index (κ3) is 2.45. The molecule has 0 aliphatic rings. The molecule has 0 heterocycles. The molecule has 60 valence electrons. The van der Waals surface area contributed by atoms with Gasteiger partial charge in [0.25, 0.3) is 0 Å². The second-order valence-corrected chi connectivity index (χ2v) is 3.39. The van der Waals surface area contributed by atoms with Crippen LogP contribution in [0.5, 0.6) is 0 Å². The Morgan fingerprint density at radius 2 is 1.90 bits per heavy atom. The van der Waals surface area contributed by atoms with Gasteiger partial charge in [0.05, 0.1) is 0 Å². The number of halogens is 1. The van der Waals surface area contributed by atoms with Gasteiger partial charge in [-0.15, -0.1) is 6.58 Å². The fourth-order valence-corrected chi connectivity index (χ4v) is 2.11. The van der Waals surface area contributed by atoms with E-state index >= 15 is 0 Å². The highest BCUT2D eigenvalue weighted by atomic mass is 79.9. The Hall–Kier alpha value is 0.220. The highest BCUT2D eigenvalue weighted by Gasteiger charge is 2.22. The maximum Gasteiger partial charge on any atom is 0.00907 e. The van der Waals surface area contributed by atoms with Crippen molar-refractivity contribution < 1.29 is 0 Å². The summed E-state index contributed by atoms with van der Waals surface area (Å²) < 4.78 is 0. The van der Waals surface area contributed by atoms with Crippen molar-refractivity contribution in [2.75, 3.05) is 5.33 Å². The van der Waals surface area contributed by atoms with E-state index in [-0.39, 0.29) is 0 Å². The molecule has 0 aromatic carbocycles. The summed E-state index contributed by atoms with van der Waals surface area (Å²) in [5.74, 6) is 0. The summed E-state index contributed by atoms with van der Waals surface area (Å²) in [4.78, 5) is 0. The van der Waals surface area contributed by atoms with Crippen LogP contribution in [0.15, 0.2) is 12.7 Å². The molecule has 0 amide bonds. The molecule has 0 bridgehead atoms. The molecule has 0 aliphatic heterocycles. The number of rotatable bonds is 5. The van der Waals surface area contributed by atoms with E-state index in [1.807, 2.05) is 6.08 Å². The Morgan fingerprint density at radius 3 is 2.00 bits per heavy atom. The zero-order chi connectivity index (χ0) is 8.04. The molecule has 10 heavy (non-hydrogen) atoms. The summed E-state index contributed by atoms with van der Waals surface area (Å²) in [5, 5.41) is 1.10. The molecule has 0 spiro atoms. The molecule has 0 nitrogen and oxygen atoms in total. The highest BCUT2D eigenvalue weighted by molar-refractivity contribution is 9.09. The van der Waals surface area contributed by atoms with Gasteiger partial charge in [-0.05, 0) is 24.7 Å². The SMILES string of the molecule is C=CCC(CC)(CC)CBr. The third-order valence-corrected chi connectivity index (χ3v) is 3.55. The normalized spacial score (nSPS) is 11.5. The van der Waals surface area contributed by atoms with Crippen LogP contribution in [0.3, 0.4) is 0 Å². The summed E-state index contributed by atoms with van der Waals surface area (Å²) in [6.45, 7) is 8.26. The molecule has 0 radical (unpaired) electrons. The van der Waals surface area contributed by atoms with Gasteiger partial charge in [0.15, 0.2) is 0 Å². The van der Waals surface area contributed by atoms with Crippen LogP contribution in [0.2, 0.25) is 0 Å². The van der Waals surface area contributed by atoms with Crippen LogP contribution in [0.1, 0.15) is 33.1 Å². The Bertz CT molecular complexity index is 84.6. The van der Waals surface area contributed by atoms with E-state index in [4.69, 9.17) is 0 Å². The first kappa shape index (κ1) is 10.2. The van der Waals surface area contributed by atoms with Crippen LogP contribution in [0.4, 0.5) is 0 Å². The van der Waals surface area contributed by atoms with Gasteiger partial charge in [-0.2, -0.15) is 0 Å². The Labute approximate surface area is 72.8 Å². The second-order valence-electron chi connectivity index (χ2n) is 2.83. The van der Waals surface area contributed by atoms with Crippen LogP contribution in [0.25, 0.3) is 0 Å². The van der Waals surface area contributed by atoms with Crippen molar-refractivity contribution in [3.63, 3.8) is 0 Å². The largest absolute Gasteiger partial charge is 0.103 e. The highest BCUT2D eigenvalue weighted by Crippen LogP contribution is 2.32. The fourth-order valence-electron chi connectivity index (χ4n) is 1.09. The fraction of sp³-hybridized carbons (Fsp3) is 0.778. The Kier molecular flexibility index (Phi) is 5.06. The maximum absolute atomic E-state index is 3.77. The van der Waals surface area contributed by atoms with Crippen LogP contribution in [0, 0.1) is 5.41 Å². The Morgan fingerprint density at radius 1 is 1.40 bits per heavy atom.